The van der Waals surface area contributed by atoms with Gasteiger partial charge in [0.2, 0.25) is 6.43 Å². The van der Waals surface area contributed by atoms with Gasteiger partial charge in [-0.3, -0.25) is 0 Å². The first-order valence-electron chi connectivity index (χ1n) is 3.99. The predicted molar refractivity (Wildman–Crippen MR) is 51.9 cm³/mol. The van der Waals surface area contributed by atoms with E-state index in [-0.39, 0.29) is 12.1 Å². The summed E-state index contributed by atoms with van der Waals surface area (Å²) in [6.07, 6.45) is -2.64. The second-order valence-corrected chi connectivity index (χ2v) is 3.76. The van der Waals surface area contributed by atoms with Crippen LogP contribution in [0.4, 0.5) is 13.2 Å². The fraction of sp³-hybridized carbons (Fsp3) is 0.333. The molecule has 5 heteroatoms. The average Bonchev–Trinajstić information content (AvgIpc) is 2.09. The van der Waals surface area contributed by atoms with Crippen LogP contribution in [0.5, 0.6) is 0 Å². The van der Waals surface area contributed by atoms with Crippen molar-refractivity contribution in [1.82, 2.24) is 0 Å². The van der Waals surface area contributed by atoms with E-state index in [0.29, 0.717) is 4.47 Å². The quantitative estimate of drug-likeness (QED) is 0.896. The second kappa shape index (κ2) is 4.79. The summed E-state index contributed by atoms with van der Waals surface area (Å²) in [5, 5.41) is 0. The molecule has 0 saturated heterocycles. The van der Waals surface area contributed by atoms with Crippen LogP contribution in [0.3, 0.4) is 0 Å². The Hall–Kier alpha value is -0.550. The number of rotatable bonds is 3. The molecule has 1 nitrogen and oxygen atoms in total. The molecule has 0 aliphatic rings. The fourth-order valence-electron chi connectivity index (χ4n) is 1.17. The van der Waals surface area contributed by atoms with Crippen molar-refractivity contribution in [2.24, 2.45) is 5.73 Å². The van der Waals surface area contributed by atoms with Crippen molar-refractivity contribution < 1.29 is 13.2 Å². The van der Waals surface area contributed by atoms with Gasteiger partial charge in [0.25, 0.3) is 0 Å². The van der Waals surface area contributed by atoms with Crippen molar-refractivity contribution in [1.29, 1.82) is 0 Å². The normalized spacial score (nSPS) is 13.3. The van der Waals surface area contributed by atoms with E-state index in [1.165, 1.54) is 12.1 Å². The first-order chi connectivity index (χ1) is 6.56. The lowest BCUT2D eigenvalue weighted by Gasteiger charge is -2.14. The zero-order valence-corrected chi connectivity index (χ0v) is 8.77. The second-order valence-electron chi connectivity index (χ2n) is 2.84. The van der Waals surface area contributed by atoms with Crippen molar-refractivity contribution >= 4 is 15.9 Å². The van der Waals surface area contributed by atoms with Gasteiger partial charge in [-0.2, -0.15) is 0 Å². The number of alkyl halides is 2. The van der Waals surface area contributed by atoms with Gasteiger partial charge in [-0.15, -0.1) is 0 Å². The largest absolute Gasteiger partial charge is 0.330 e. The Labute approximate surface area is 88.2 Å². The Morgan fingerprint density at radius 3 is 2.43 bits per heavy atom. The molecule has 0 heterocycles. The number of nitrogens with two attached hydrogens (primary N) is 1. The molecule has 2 N–H and O–H groups in total. The van der Waals surface area contributed by atoms with Gasteiger partial charge in [0, 0.05) is 11.0 Å². The van der Waals surface area contributed by atoms with Crippen molar-refractivity contribution in [2.45, 2.75) is 12.3 Å². The molecular formula is C9H9BrF3N. The topological polar surface area (TPSA) is 26.0 Å². The molecule has 0 fully saturated rings. The highest BCUT2D eigenvalue weighted by Gasteiger charge is 2.23. The van der Waals surface area contributed by atoms with Crippen LogP contribution >= 0.6 is 15.9 Å². The maximum atomic E-state index is 13.2. The molecule has 0 spiro atoms. The molecule has 1 aromatic rings. The fourth-order valence-corrected chi connectivity index (χ4v) is 1.50. The van der Waals surface area contributed by atoms with E-state index in [1.54, 1.807) is 0 Å². The van der Waals surface area contributed by atoms with Crippen molar-refractivity contribution in [3.63, 3.8) is 0 Å². The third-order valence-corrected chi connectivity index (χ3v) is 2.41. The van der Waals surface area contributed by atoms with Crippen LogP contribution in [0, 0.1) is 5.82 Å². The van der Waals surface area contributed by atoms with Crippen LogP contribution in [0.15, 0.2) is 22.7 Å². The summed E-state index contributed by atoms with van der Waals surface area (Å²) < 4.78 is 38.6. The molecule has 0 amide bonds. The van der Waals surface area contributed by atoms with Crippen molar-refractivity contribution in [3.05, 3.63) is 34.1 Å². The summed E-state index contributed by atoms with van der Waals surface area (Å²) in [7, 11) is 0. The minimum Gasteiger partial charge on any atom is -0.330 e. The average molecular weight is 268 g/mol. The Morgan fingerprint density at radius 2 is 2.00 bits per heavy atom. The van der Waals surface area contributed by atoms with E-state index in [4.69, 9.17) is 5.73 Å². The molecule has 1 rings (SSSR count). The van der Waals surface area contributed by atoms with Gasteiger partial charge in [-0.25, -0.2) is 13.2 Å². The van der Waals surface area contributed by atoms with Gasteiger partial charge in [-0.1, -0.05) is 22.0 Å². The van der Waals surface area contributed by atoms with Gasteiger partial charge in [-0.05, 0) is 17.7 Å². The highest BCUT2D eigenvalue weighted by Crippen LogP contribution is 2.26. The minimum absolute atomic E-state index is 0.0364. The summed E-state index contributed by atoms with van der Waals surface area (Å²) in [5.41, 5.74) is 5.12. The lowest BCUT2D eigenvalue weighted by Crippen LogP contribution is -2.20. The highest BCUT2D eigenvalue weighted by atomic mass is 79.9. The molecule has 0 radical (unpaired) electrons. The van der Waals surface area contributed by atoms with E-state index in [0.717, 1.165) is 6.07 Å². The van der Waals surface area contributed by atoms with Gasteiger partial charge in [0.05, 0.1) is 5.92 Å². The SMILES string of the molecule is NCC(c1ccc(Br)cc1F)C(F)F. The molecule has 1 atom stereocenters. The summed E-state index contributed by atoms with van der Waals surface area (Å²) in [4.78, 5) is 0. The number of hydrogen-bond donors (Lipinski definition) is 1. The molecule has 0 aliphatic carbocycles. The summed E-state index contributed by atoms with van der Waals surface area (Å²) in [5.74, 6) is -1.89. The van der Waals surface area contributed by atoms with Crippen LogP contribution in [-0.2, 0) is 0 Å². The molecule has 78 valence electrons. The maximum Gasteiger partial charge on any atom is 0.246 e. The monoisotopic (exact) mass is 267 g/mol. The van der Waals surface area contributed by atoms with Crippen molar-refractivity contribution in [3.8, 4) is 0 Å². The molecule has 0 saturated carbocycles. The zero-order chi connectivity index (χ0) is 10.7. The standard InChI is InChI=1S/C9H9BrF3N/c10-5-1-2-6(8(11)3-5)7(4-14)9(12)13/h1-3,7,9H,4,14H2. The Balaban J connectivity index is 3.04. The zero-order valence-electron chi connectivity index (χ0n) is 7.18. The molecule has 0 aliphatic heterocycles. The van der Waals surface area contributed by atoms with Gasteiger partial charge in [0.1, 0.15) is 5.82 Å². The summed E-state index contributed by atoms with van der Waals surface area (Å²) in [6, 6.07) is 3.99. The van der Waals surface area contributed by atoms with Crippen LogP contribution in [0.1, 0.15) is 11.5 Å². The molecular weight excluding hydrogens is 259 g/mol. The van der Waals surface area contributed by atoms with E-state index in [1.807, 2.05) is 0 Å². The Kier molecular flexibility index (Phi) is 3.95. The van der Waals surface area contributed by atoms with Gasteiger partial charge >= 0.3 is 0 Å². The van der Waals surface area contributed by atoms with E-state index in [9.17, 15) is 13.2 Å². The first-order valence-corrected chi connectivity index (χ1v) is 4.78. The molecule has 1 unspecified atom stereocenters. The third-order valence-electron chi connectivity index (χ3n) is 1.92. The van der Waals surface area contributed by atoms with Gasteiger partial charge in [0.15, 0.2) is 0 Å². The molecule has 14 heavy (non-hydrogen) atoms. The summed E-state index contributed by atoms with van der Waals surface area (Å²) >= 11 is 3.05. The Bertz CT molecular complexity index is 317. The molecule has 1 aromatic carbocycles. The van der Waals surface area contributed by atoms with E-state index < -0.39 is 18.2 Å². The van der Waals surface area contributed by atoms with Crippen LogP contribution in [-0.4, -0.2) is 13.0 Å². The van der Waals surface area contributed by atoms with E-state index >= 15 is 0 Å². The lowest BCUT2D eigenvalue weighted by atomic mass is 9.99. The smallest absolute Gasteiger partial charge is 0.246 e. The van der Waals surface area contributed by atoms with Gasteiger partial charge < -0.3 is 5.73 Å². The lowest BCUT2D eigenvalue weighted by molar-refractivity contribution is 0.115. The predicted octanol–water partition coefficient (Wildman–Crippen LogP) is 2.90. The first kappa shape index (κ1) is 11.5. The number of halogens is 4. The van der Waals surface area contributed by atoms with Crippen LogP contribution in [0.25, 0.3) is 0 Å². The van der Waals surface area contributed by atoms with Crippen molar-refractivity contribution in [2.75, 3.05) is 6.54 Å². The maximum absolute atomic E-state index is 13.2. The minimum atomic E-state index is -2.64. The number of benzene rings is 1. The number of hydrogen-bond acceptors (Lipinski definition) is 1. The van der Waals surface area contributed by atoms with E-state index in [2.05, 4.69) is 15.9 Å². The molecule has 0 bridgehead atoms. The van der Waals surface area contributed by atoms with Crippen LogP contribution in [0.2, 0.25) is 0 Å². The Morgan fingerprint density at radius 1 is 1.36 bits per heavy atom. The summed E-state index contributed by atoms with van der Waals surface area (Å²) in [6.45, 7) is -0.268. The molecule has 0 aromatic heterocycles. The highest BCUT2D eigenvalue weighted by molar-refractivity contribution is 9.10. The third kappa shape index (κ3) is 2.48. The van der Waals surface area contributed by atoms with Crippen LogP contribution < -0.4 is 5.73 Å².